The minimum Gasteiger partial charge on any atom is -0.461 e. The lowest BCUT2D eigenvalue weighted by Gasteiger charge is -2.45. The molecule has 1 aliphatic heterocycles. The summed E-state index contributed by atoms with van der Waals surface area (Å²) in [5.74, 6) is -0.463. The second kappa shape index (κ2) is 10.4. The van der Waals surface area contributed by atoms with Crippen LogP contribution in [-0.2, 0) is 18.8 Å². The molecule has 6 heteroatoms. The third-order valence-electron chi connectivity index (χ3n) is 5.94. The number of benzene rings is 2. The average molecular weight is 454 g/mol. The summed E-state index contributed by atoms with van der Waals surface area (Å²) in [6.07, 6.45) is 1.88. The molecule has 0 saturated heterocycles. The molecule has 0 aromatic heterocycles. The van der Waals surface area contributed by atoms with Gasteiger partial charge >= 0.3 is 5.97 Å². The van der Waals surface area contributed by atoms with Crippen LogP contribution in [0.5, 0.6) is 0 Å². The molecule has 32 heavy (non-hydrogen) atoms. The van der Waals surface area contributed by atoms with Crippen LogP contribution >= 0.6 is 0 Å². The molecule has 0 spiro atoms. The van der Waals surface area contributed by atoms with Gasteiger partial charge in [-0.05, 0) is 35.2 Å². The molecule has 0 bridgehead atoms. The van der Waals surface area contributed by atoms with Crippen molar-refractivity contribution in [3.8, 4) is 0 Å². The zero-order chi connectivity index (χ0) is 23.2. The van der Waals surface area contributed by atoms with Crippen LogP contribution in [0.2, 0.25) is 5.04 Å². The fraction of sp³-hybridized carbons (Fsp3) is 0.462. The highest BCUT2D eigenvalue weighted by Gasteiger charge is 2.55. The number of nitrogens with zero attached hydrogens (tertiary/aromatic N) is 1. The third-order valence-corrected chi connectivity index (χ3v) is 11.0. The fourth-order valence-corrected chi connectivity index (χ4v) is 9.05. The van der Waals surface area contributed by atoms with E-state index in [1.54, 1.807) is 6.92 Å². The lowest BCUT2D eigenvalue weighted by molar-refractivity contribution is -0.135. The van der Waals surface area contributed by atoms with Crippen molar-refractivity contribution in [3.63, 3.8) is 0 Å². The Morgan fingerprint density at radius 2 is 1.56 bits per heavy atom. The first kappa shape index (κ1) is 24.2. The van der Waals surface area contributed by atoms with Gasteiger partial charge in [-0.1, -0.05) is 99.9 Å². The molecule has 3 rings (SSSR count). The van der Waals surface area contributed by atoms with E-state index in [2.05, 4.69) is 81.4 Å². The average Bonchev–Trinajstić information content (AvgIpc) is 3.18. The van der Waals surface area contributed by atoms with Gasteiger partial charge in [-0.15, -0.1) is 0 Å². The van der Waals surface area contributed by atoms with Gasteiger partial charge in [0.2, 0.25) is 0 Å². The zero-order valence-corrected chi connectivity index (χ0v) is 20.8. The maximum Gasteiger partial charge on any atom is 0.358 e. The summed E-state index contributed by atoms with van der Waals surface area (Å²) >= 11 is 0. The van der Waals surface area contributed by atoms with Crippen molar-refractivity contribution in [2.24, 2.45) is 5.16 Å². The van der Waals surface area contributed by atoms with E-state index in [1.807, 2.05) is 12.1 Å². The van der Waals surface area contributed by atoms with Crippen LogP contribution in [0.15, 0.2) is 65.8 Å². The maximum absolute atomic E-state index is 12.8. The number of hydrogen-bond acceptors (Lipinski definition) is 5. The van der Waals surface area contributed by atoms with E-state index in [9.17, 15) is 4.79 Å². The number of oxime groups is 1. The largest absolute Gasteiger partial charge is 0.461 e. The number of unbranched alkanes of at least 4 members (excludes halogenated alkanes) is 1. The van der Waals surface area contributed by atoms with Gasteiger partial charge in [0.1, 0.15) is 6.10 Å². The molecule has 0 saturated carbocycles. The summed E-state index contributed by atoms with van der Waals surface area (Å²) in [5, 5.41) is 6.26. The third kappa shape index (κ3) is 4.81. The second-order valence-electron chi connectivity index (χ2n) is 9.18. The molecule has 0 radical (unpaired) electrons. The Balaban J connectivity index is 2.15. The van der Waals surface area contributed by atoms with E-state index < -0.39 is 20.4 Å². The van der Waals surface area contributed by atoms with Crippen LogP contribution in [0, 0.1) is 0 Å². The summed E-state index contributed by atoms with van der Waals surface area (Å²) in [6, 6.07) is 20.8. The minimum atomic E-state index is -2.87. The van der Waals surface area contributed by atoms with Gasteiger partial charge in [0.05, 0.1) is 6.61 Å². The molecule has 0 fully saturated rings. The van der Waals surface area contributed by atoms with Crippen molar-refractivity contribution in [2.75, 3.05) is 6.61 Å². The van der Waals surface area contributed by atoms with Crippen molar-refractivity contribution in [1.82, 2.24) is 0 Å². The summed E-state index contributed by atoms with van der Waals surface area (Å²) in [7, 11) is -2.87. The monoisotopic (exact) mass is 453 g/mol. The minimum absolute atomic E-state index is 0.215. The van der Waals surface area contributed by atoms with Crippen molar-refractivity contribution < 1.29 is 18.8 Å². The molecule has 2 aromatic carbocycles. The number of hydrogen-bond donors (Lipinski definition) is 0. The molecule has 0 N–H and O–H groups in total. The van der Waals surface area contributed by atoms with E-state index in [0.717, 1.165) is 29.6 Å². The van der Waals surface area contributed by atoms with E-state index in [-0.39, 0.29) is 23.5 Å². The SMILES string of the molecule is CCCC[C@@H]1ON=C(C(=O)OCC)[C@H]1O[Si](c1ccccc1)(c1ccccc1)C(C)(C)C. The van der Waals surface area contributed by atoms with Crippen molar-refractivity contribution in [1.29, 1.82) is 0 Å². The van der Waals surface area contributed by atoms with Gasteiger partial charge in [-0.3, -0.25) is 0 Å². The van der Waals surface area contributed by atoms with Crippen LogP contribution in [0.25, 0.3) is 0 Å². The Morgan fingerprint density at radius 3 is 2.03 bits per heavy atom. The van der Waals surface area contributed by atoms with Gasteiger partial charge in [-0.25, -0.2) is 4.79 Å². The number of esters is 1. The highest BCUT2D eigenvalue weighted by atomic mass is 28.4. The van der Waals surface area contributed by atoms with Crippen molar-refractivity contribution in [3.05, 3.63) is 60.7 Å². The number of carbonyl (C=O) groups excluding carboxylic acids is 1. The molecular weight excluding hydrogens is 418 g/mol. The lowest BCUT2D eigenvalue weighted by Crippen LogP contribution is -2.69. The standard InChI is InChI=1S/C26H35NO4Si/c1-6-8-19-22-24(23(27-30-22)25(28)29-7-2)31-32(26(3,4)5,20-15-11-9-12-16-20)21-17-13-10-14-18-21/h9-18,22,24H,6-8,19H2,1-5H3/t22-,24-/m0/s1. The van der Waals surface area contributed by atoms with Gasteiger partial charge in [0.15, 0.2) is 11.8 Å². The molecule has 2 aromatic rings. The lowest BCUT2D eigenvalue weighted by atomic mass is 10.0. The normalized spacial score (nSPS) is 18.7. The number of ether oxygens (including phenoxy) is 1. The Morgan fingerprint density at radius 1 is 1.00 bits per heavy atom. The van der Waals surface area contributed by atoms with E-state index >= 15 is 0 Å². The number of rotatable bonds is 9. The Labute approximate surface area is 192 Å². The molecule has 0 unspecified atom stereocenters. The van der Waals surface area contributed by atoms with Crippen LogP contribution in [-0.4, -0.2) is 38.8 Å². The quantitative estimate of drug-likeness (QED) is 0.416. The second-order valence-corrected chi connectivity index (χ2v) is 13.4. The van der Waals surface area contributed by atoms with Gasteiger partial charge in [0, 0.05) is 0 Å². The first-order valence-corrected chi connectivity index (χ1v) is 13.5. The molecule has 0 aliphatic carbocycles. The van der Waals surface area contributed by atoms with Crippen LogP contribution in [0.3, 0.4) is 0 Å². The molecule has 1 aliphatic rings. The molecule has 0 amide bonds. The highest BCUT2D eigenvalue weighted by molar-refractivity contribution is 6.99. The number of carbonyl (C=O) groups is 1. The van der Waals surface area contributed by atoms with E-state index in [0.29, 0.717) is 0 Å². The zero-order valence-electron chi connectivity index (χ0n) is 19.8. The van der Waals surface area contributed by atoms with Crippen LogP contribution < -0.4 is 10.4 Å². The molecule has 172 valence electrons. The Bertz CT molecular complexity index is 869. The van der Waals surface area contributed by atoms with Gasteiger partial charge in [0.25, 0.3) is 8.32 Å². The smallest absolute Gasteiger partial charge is 0.358 e. The Hall–Kier alpha value is -2.44. The first-order chi connectivity index (χ1) is 15.3. The van der Waals surface area contributed by atoms with Crippen LogP contribution in [0.1, 0.15) is 53.9 Å². The van der Waals surface area contributed by atoms with Gasteiger partial charge < -0.3 is 14.0 Å². The summed E-state index contributed by atoms with van der Waals surface area (Å²) in [5.41, 5.74) is 0.237. The topological polar surface area (TPSA) is 57.1 Å². The van der Waals surface area contributed by atoms with E-state index in [4.69, 9.17) is 14.0 Å². The maximum atomic E-state index is 12.8. The fourth-order valence-electron chi connectivity index (χ4n) is 4.39. The van der Waals surface area contributed by atoms with Gasteiger partial charge in [-0.2, -0.15) is 0 Å². The van der Waals surface area contributed by atoms with Crippen molar-refractivity contribution >= 4 is 30.4 Å². The molecule has 5 nitrogen and oxygen atoms in total. The molecule has 2 atom stereocenters. The summed E-state index contributed by atoms with van der Waals surface area (Å²) < 4.78 is 12.5. The molecule has 1 heterocycles. The van der Waals surface area contributed by atoms with Crippen LogP contribution in [0.4, 0.5) is 0 Å². The predicted octanol–water partition coefficient (Wildman–Crippen LogP) is 4.44. The summed E-state index contributed by atoms with van der Waals surface area (Å²) in [6.45, 7) is 10.9. The first-order valence-electron chi connectivity index (χ1n) is 11.5. The predicted molar refractivity (Wildman–Crippen MR) is 131 cm³/mol. The van der Waals surface area contributed by atoms with E-state index in [1.165, 1.54) is 0 Å². The van der Waals surface area contributed by atoms with Crippen molar-refractivity contribution in [2.45, 2.75) is 71.1 Å². The highest BCUT2D eigenvalue weighted by Crippen LogP contribution is 2.39. The Kier molecular flexibility index (Phi) is 7.90. The molecular formula is C26H35NO4Si. The summed E-state index contributed by atoms with van der Waals surface area (Å²) in [4.78, 5) is 18.5.